The van der Waals surface area contributed by atoms with E-state index in [4.69, 9.17) is 0 Å². The summed E-state index contributed by atoms with van der Waals surface area (Å²) in [5, 5.41) is 2.62. The topological polar surface area (TPSA) is 81.1 Å². The number of hydrogen-bond donors (Lipinski definition) is 1. The molecule has 0 saturated carbocycles. The van der Waals surface area contributed by atoms with Gasteiger partial charge in [0.15, 0.2) is 9.84 Å². The van der Waals surface area contributed by atoms with Gasteiger partial charge in [-0.3, -0.25) is 9.36 Å². The molecule has 0 fully saturated rings. The van der Waals surface area contributed by atoms with Gasteiger partial charge in [0.2, 0.25) is 0 Å². The van der Waals surface area contributed by atoms with Crippen LogP contribution in [-0.4, -0.2) is 30.1 Å². The van der Waals surface area contributed by atoms with Gasteiger partial charge in [0, 0.05) is 11.8 Å². The van der Waals surface area contributed by atoms with Gasteiger partial charge in [0.1, 0.15) is 5.82 Å². The molecular formula is C18H17F2N3O3S. The molecule has 27 heavy (non-hydrogen) atoms. The molecule has 0 spiro atoms. The van der Waals surface area contributed by atoms with E-state index in [0.29, 0.717) is 5.52 Å². The Kier molecular flexibility index (Phi) is 4.97. The smallest absolute Gasteiger partial charge is 0.320 e. The Morgan fingerprint density at radius 3 is 2.33 bits per heavy atom. The lowest BCUT2D eigenvalue weighted by atomic mass is 10.2. The number of para-hydroxylation sites is 2. The van der Waals surface area contributed by atoms with Crippen molar-refractivity contribution in [3.63, 3.8) is 0 Å². The molecule has 2 aromatic carbocycles. The van der Waals surface area contributed by atoms with Gasteiger partial charge in [-0.1, -0.05) is 12.1 Å². The zero-order valence-electron chi connectivity index (χ0n) is 14.6. The summed E-state index contributed by atoms with van der Waals surface area (Å²) in [6.45, 7) is -1.25. The molecule has 0 bridgehead atoms. The number of halogens is 2. The van der Waals surface area contributed by atoms with E-state index in [0.717, 1.165) is 10.8 Å². The molecule has 0 saturated heterocycles. The third-order valence-electron chi connectivity index (χ3n) is 4.10. The first-order valence-electron chi connectivity index (χ1n) is 8.04. The quantitative estimate of drug-likeness (QED) is 0.721. The largest absolute Gasteiger partial charge is 0.342 e. The van der Waals surface area contributed by atoms with Crippen LogP contribution < -0.4 is 5.32 Å². The fraction of sp³-hybridized carbons (Fsp3) is 0.222. The second kappa shape index (κ2) is 7.07. The molecule has 0 aliphatic heterocycles. The van der Waals surface area contributed by atoms with Crippen LogP contribution in [0.4, 0.5) is 8.78 Å². The van der Waals surface area contributed by atoms with Gasteiger partial charge in [-0.05, 0) is 43.3 Å². The summed E-state index contributed by atoms with van der Waals surface area (Å²) < 4.78 is 50.8. The van der Waals surface area contributed by atoms with Crippen LogP contribution in [0.2, 0.25) is 0 Å². The molecule has 1 heterocycles. The van der Waals surface area contributed by atoms with Crippen LogP contribution in [-0.2, 0) is 9.84 Å². The molecule has 3 rings (SSSR count). The van der Waals surface area contributed by atoms with Crippen molar-refractivity contribution in [2.45, 2.75) is 24.4 Å². The summed E-state index contributed by atoms with van der Waals surface area (Å²) in [6.07, 6.45) is 1.07. The van der Waals surface area contributed by atoms with E-state index in [2.05, 4.69) is 10.3 Å². The molecule has 3 aromatic rings. The first-order valence-corrected chi connectivity index (χ1v) is 9.93. The van der Waals surface area contributed by atoms with Crippen molar-refractivity contribution in [3.05, 3.63) is 59.9 Å². The number of nitrogens with zero attached hydrogens (tertiary/aromatic N) is 2. The maximum atomic E-state index is 13.5. The average molecular weight is 393 g/mol. The van der Waals surface area contributed by atoms with E-state index in [1.54, 1.807) is 25.1 Å². The molecule has 1 N–H and O–H groups in total. The molecule has 1 unspecified atom stereocenters. The number of aromatic nitrogens is 2. The average Bonchev–Trinajstić information content (AvgIpc) is 3.01. The Hall–Kier alpha value is -2.81. The van der Waals surface area contributed by atoms with E-state index in [1.165, 1.54) is 30.3 Å². The van der Waals surface area contributed by atoms with Crippen molar-refractivity contribution < 1.29 is 22.0 Å². The van der Waals surface area contributed by atoms with Gasteiger partial charge in [-0.2, -0.15) is 8.78 Å². The van der Waals surface area contributed by atoms with Crippen molar-refractivity contribution in [1.82, 2.24) is 14.9 Å². The molecular weight excluding hydrogens is 376 g/mol. The molecule has 0 aliphatic rings. The number of rotatable bonds is 5. The molecule has 0 aliphatic carbocycles. The van der Waals surface area contributed by atoms with E-state index < -0.39 is 28.3 Å². The highest BCUT2D eigenvalue weighted by Gasteiger charge is 2.23. The fourth-order valence-electron chi connectivity index (χ4n) is 2.77. The summed E-state index contributed by atoms with van der Waals surface area (Å²) in [6, 6.07) is 11.1. The van der Waals surface area contributed by atoms with Crippen LogP contribution in [0.15, 0.2) is 53.4 Å². The standard InChI is InChI=1S/C18H17F2N3O3S/c1-11(16-22-14-5-3-4-6-15(14)23(16)18(19)20)21-17(24)12-7-9-13(10-8-12)27(2,25)26/h3-11,18H,1-2H3,(H,21,24). The maximum Gasteiger partial charge on any atom is 0.320 e. The van der Waals surface area contributed by atoms with E-state index in [9.17, 15) is 22.0 Å². The molecule has 6 nitrogen and oxygen atoms in total. The minimum absolute atomic E-state index is 0.0345. The first kappa shape index (κ1) is 19.0. The number of carbonyl (C=O) groups excluding carboxylic acids is 1. The summed E-state index contributed by atoms with van der Waals surface area (Å²) >= 11 is 0. The zero-order chi connectivity index (χ0) is 19.8. The third kappa shape index (κ3) is 3.82. The SMILES string of the molecule is CC(NC(=O)c1ccc(S(C)(=O)=O)cc1)c1nc2ccccc2n1C(F)F. The Labute approximate surface area is 154 Å². The number of nitrogens with one attached hydrogen (secondary N) is 1. The third-order valence-corrected chi connectivity index (χ3v) is 5.23. The molecule has 1 atom stereocenters. The first-order chi connectivity index (χ1) is 12.7. The van der Waals surface area contributed by atoms with Crippen molar-refractivity contribution in [3.8, 4) is 0 Å². The van der Waals surface area contributed by atoms with E-state index in [-0.39, 0.29) is 21.8 Å². The highest BCUT2D eigenvalue weighted by Crippen LogP contribution is 2.26. The van der Waals surface area contributed by atoms with Crippen molar-refractivity contribution >= 4 is 26.8 Å². The summed E-state index contributed by atoms with van der Waals surface area (Å²) in [5.41, 5.74) is 0.904. The molecule has 142 valence electrons. The number of imidazole rings is 1. The lowest BCUT2D eigenvalue weighted by Crippen LogP contribution is -2.29. The fourth-order valence-corrected chi connectivity index (χ4v) is 3.40. The number of alkyl halides is 2. The summed E-state index contributed by atoms with van der Waals surface area (Å²) in [4.78, 5) is 16.7. The van der Waals surface area contributed by atoms with E-state index >= 15 is 0 Å². The maximum absolute atomic E-state index is 13.5. The molecule has 9 heteroatoms. The van der Waals surface area contributed by atoms with Gasteiger partial charge in [-0.15, -0.1) is 0 Å². The predicted octanol–water partition coefficient (Wildman–Crippen LogP) is 3.33. The monoisotopic (exact) mass is 393 g/mol. The number of hydrogen-bond acceptors (Lipinski definition) is 4. The highest BCUT2D eigenvalue weighted by atomic mass is 32.2. The van der Waals surface area contributed by atoms with Crippen molar-refractivity contribution in [2.24, 2.45) is 0 Å². The second-order valence-electron chi connectivity index (χ2n) is 6.10. The van der Waals surface area contributed by atoms with Crippen LogP contribution in [0.25, 0.3) is 11.0 Å². The van der Waals surface area contributed by atoms with Gasteiger partial charge < -0.3 is 5.32 Å². The number of benzene rings is 2. The number of carbonyl (C=O) groups is 1. The van der Waals surface area contributed by atoms with Crippen LogP contribution in [0.3, 0.4) is 0 Å². The van der Waals surface area contributed by atoms with Gasteiger partial charge in [-0.25, -0.2) is 13.4 Å². The predicted molar refractivity (Wildman–Crippen MR) is 96.4 cm³/mol. The number of sulfone groups is 1. The molecule has 1 amide bonds. The number of fused-ring (bicyclic) bond motifs is 1. The molecule has 0 radical (unpaired) electrons. The lowest BCUT2D eigenvalue weighted by molar-refractivity contribution is 0.0688. The minimum Gasteiger partial charge on any atom is -0.342 e. The minimum atomic E-state index is -3.37. The van der Waals surface area contributed by atoms with Crippen LogP contribution >= 0.6 is 0 Å². The normalized spacial score (nSPS) is 13.1. The summed E-state index contributed by atoms with van der Waals surface area (Å²) in [7, 11) is -3.37. The lowest BCUT2D eigenvalue weighted by Gasteiger charge is -2.16. The van der Waals surface area contributed by atoms with Gasteiger partial charge in [0.25, 0.3) is 5.91 Å². The van der Waals surface area contributed by atoms with Gasteiger partial charge >= 0.3 is 6.55 Å². The van der Waals surface area contributed by atoms with Gasteiger partial charge in [0.05, 0.1) is 22.0 Å². The molecule has 1 aromatic heterocycles. The van der Waals surface area contributed by atoms with Crippen LogP contribution in [0, 0.1) is 0 Å². The highest BCUT2D eigenvalue weighted by molar-refractivity contribution is 7.90. The second-order valence-corrected chi connectivity index (χ2v) is 8.11. The summed E-state index contributed by atoms with van der Waals surface area (Å²) in [5.74, 6) is -0.484. The Morgan fingerprint density at radius 1 is 1.11 bits per heavy atom. The Bertz CT molecular complexity index is 1090. The van der Waals surface area contributed by atoms with Crippen LogP contribution in [0.1, 0.15) is 35.7 Å². The van der Waals surface area contributed by atoms with Crippen molar-refractivity contribution in [2.75, 3.05) is 6.26 Å². The Balaban J connectivity index is 1.87. The van der Waals surface area contributed by atoms with Crippen molar-refractivity contribution in [1.29, 1.82) is 0 Å². The van der Waals surface area contributed by atoms with E-state index in [1.807, 2.05) is 0 Å². The zero-order valence-corrected chi connectivity index (χ0v) is 15.4. The Morgan fingerprint density at radius 2 is 1.74 bits per heavy atom. The van der Waals surface area contributed by atoms with Crippen LogP contribution in [0.5, 0.6) is 0 Å². The number of amides is 1.